The number of rotatable bonds is 4. The molecule has 0 saturated carbocycles. The first kappa shape index (κ1) is 18.5. The van der Waals surface area contributed by atoms with Gasteiger partial charge in [-0.15, -0.1) is 0 Å². The van der Waals surface area contributed by atoms with Gasteiger partial charge in [0.2, 0.25) is 5.91 Å². The van der Waals surface area contributed by atoms with Crippen molar-refractivity contribution in [3.8, 4) is 0 Å². The standard InChI is InChI=1S/C22H21F2N3O/c23-16-4-3-5-18(13-16)26-22(28)21-6-1-2-11-27(21)14-19-9-7-15-12-17(24)8-10-20(15)25-19/h3-5,7-10,12-13,21H,1-2,6,11,14H2,(H,26,28). The van der Waals surface area contributed by atoms with Crippen molar-refractivity contribution >= 4 is 22.5 Å². The first-order valence-corrected chi connectivity index (χ1v) is 9.44. The molecule has 1 amide bonds. The molecule has 1 aliphatic heterocycles. The van der Waals surface area contributed by atoms with E-state index in [0.29, 0.717) is 12.2 Å². The average Bonchev–Trinajstić information content (AvgIpc) is 2.68. The number of hydrogen-bond acceptors (Lipinski definition) is 3. The number of halogens is 2. The molecule has 1 fully saturated rings. The number of carbonyl (C=O) groups excluding carboxylic acids is 1. The van der Waals surface area contributed by atoms with Crippen LogP contribution in [0.4, 0.5) is 14.5 Å². The third-order valence-electron chi connectivity index (χ3n) is 5.08. The lowest BCUT2D eigenvalue weighted by Crippen LogP contribution is -2.46. The summed E-state index contributed by atoms with van der Waals surface area (Å²) >= 11 is 0. The van der Waals surface area contributed by atoms with Crippen molar-refractivity contribution in [2.75, 3.05) is 11.9 Å². The van der Waals surface area contributed by atoms with Gasteiger partial charge in [-0.05, 0) is 61.9 Å². The van der Waals surface area contributed by atoms with Crippen LogP contribution in [0.2, 0.25) is 0 Å². The third kappa shape index (κ3) is 4.17. The number of aromatic nitrogens is 1. The number of nitrogens with one attached hydrogen (secondary N) is 1. The molecule has 1 saturated heterocycles. The Kier molecular flexibility index (Phi) is 5.30. The van der Waals surface area contributed by atoms with Crippen molar-refractivity contribution in [2.45, 2.75) is 31.8 Å². The number of nitrogens with zero attached hydrogens (tertiary/aromatic N) is 2. The van der Waals surface area contributed by atoms with Gasteiger partial charge in [-0.1, -0.05) is 18.6 Å². The molecule has 4 nitrogen and oxygen atoms in total. The Morgan fingerprint density at radius 2 is 1.93 bits per heavy atom. The maximum atomic E-state index is 13.4. The minimum atomic E-state index is -0.380. The molecule has 144 valence electrons. The maximum Gasteiger partial charge on any atom is 0.241 e. The van der Waals surface area contributed by atoms with Gasteiger partial charge >= 0.3 is 0 Å². The van der Waals surface area contributed by atoms with Crippen LogP contribution in [0.15, 0.2) is 54.6 Å². The minimum Gasteiger partial charge on any atom is -0.325 e. The molecular weight excluding hydrogens is 360 g/mol. The first-order chi connectivity index (χ1) is 13.6. The fourth-order valence-corrected chi connectivity index (χ4v) is 3.70. The molecule has 6 heteroatoms. The number of fused-ring (bicyclic) bond motifs is 1. The van der Waals surface area contributed by atoms with E-state index in [-0.39, 0.29) is 23.6 Å². The largest absolute Gasteiger partial charge is 0.325 e. The van der Waals surface area contributed by atoms with Crippen molar-refractivity contribution in [3.63, 3.8) is 0 Å². The second-order valence-electron chi connectivity index (χ2n) is 7.12. The summed E-state index contributed by atoms with van der Waals surface area (Å²) in [7, 11) is 0. The minimum absolute atomic E-state index is 0.131. The Morgan fingerprint density at radius 1 is 1.07 bits per heavy atom. The lowest BCUT2D eigenvalue weighted by Gasteiger charge is -2.34. The first-order valence-electron chi connectivity index (χ1n) is 9.44. The molecule has 1 aliphatic rings. The lowest BCUT2D eigenvalue weighted by molar-refractivity contribution is -0.122. The Morgan fingerprint density at radius 3 is 2.79 bits per heavy atom. The monoisotopic (exact) mass is 381 g/mol. The molecule has 0 radical (unpaired) electrons. The van der Waals surface area contributed by atoms with Crippen LogP contribution >= 0.6 is 0 Å². The van der Waals surface area contributed by atoms with E-state index in [9.17, 15) is 13.6 Å². The second kappa shape index (κ2) is 8.02. The van der Waals surface area contributed by atoms with Gasteiger partial charge in [0.05, 0.1) is 17.3 Å². The smallest absolute Gasteiger partial charge is 0.241 e. The summed E-state index contributed by atoms with van der Waals surface area (Å²) in [6.07, 6.45) is 2.74. The van der Waals surface area contributed by atoms with E-state index in [1.54, 1.807) is 18.2 Å². The van der Waals surface area contributed by atoms with Crippen LogP contribution in [0.25, 0.3) is 10.9 Å². The lowest BCUT2D eigenvalue weighted by atomic mass is 10.0. The SMILES string of the molecule is O=C(Nc1cccc(F)c1)C1CCCCN1Cc1ccc2cc(F)ccc2n1. The molecule has 1 unspecified atom stereocenters. The van der Waals surface area contributed by atoms with Crippen molar-refractivity contribution in [1.29, 1.82) is 0 Å². The fourth-order valence-electron chi connectivity index (χ4n) is 3.70. The number of amides is 1. The van der Waals surface area contributed by atoms with Crippen LogP contribution in [-0.4, -0.2) is 28.4 Å². The number of likely N-dealkylation sites (tertiary alicyclic amines) is 1. The van der Waals surface area contributed by atoms with Gasteiger partial charge < -0.3 is 5.32 Å². The summed E-state index contributed by atoms with van der Waals surface area (Å²) in [4.78, 5) is 19.5. The summed E-state index contributed by atoms with van der Waals surface area (Å²) in [6.45, 7) is 1.33. The van der Waals surface area contributed by atoms with Crippen molar-refractivity contribution < 1.29 is 13.6 Å². The number of pyridine rings is 1. The average molecular weight is 381 g/mol. The van der Waals surface area contributed by atoms with Crippen LogP contribution in [0, 0.1) is 11.6 Å². The molecule has 1 atom stereocenters. The van der Waals surface area contributed by atoms with E-state index in [1.807, 2.05) is 12.1 Å². The van der Waals surface area contributed by atoms with Crippen molar-refractivity contribution in [1.82, 2.24) is 9.88 Å². The number of piperidine rings is 1. The Labute approximate surface area is 162 Å². The number of anilines is 1. The van der Waals surface area contributed by atoms with Crippen LogP contribution < -0.4 is 5.32 Å². The summed E-state index contributed by atoms with van der Waals surface area (Å²) in [5.41, 5.74) is 2.03. The normalized spacial score (nSPS) is 17.6. The maximum absolute atomic E-state index is 13.4. The zero-order chi connectivity index (χ0) is 19.5. The number of benzene rings is 2. The zero-order valence-corrected chi connectivity index (χ0v) is 15.4. The predicted molar refractivity (Wildman–Crippen MR) is 105 cm³/mol. The van der Waals surface area contributed by atoms with Gasteiger partial charge in [0.15, 0.2) is 0 Å². The molecular formula is C22H21F2N3O. The van der Waals surface area contributed by atoms with Gasteiger partial charge in [0.1, 0.15) is 11.6 Å². The zero-order valence-electron chi connectivity index (χ0n) is 15.4. The summed E-state index contributed by atoms with van der Waals surface area (Å²) in [5.74, 6) is -0.796. The van der Waals surface area contributed by atoms with E-state index in [1.165, 1.54) is 24.3 Å². The molecule has 0 bridgehead atoms. The molecule has 1 aromatic heterocycles. The van der Waals surface area contributed by atoms with Gasteiger partial charge in [-0.25, -0.2) is 8.78 Å². The molecule has 2 aromatic carbocycles. The van der Waals surface area contributed by atoms with Gasteiger partial charge in [-0.2, -0.15) is 0 Å². The highest BCUT2D eigenvalue weighted by Gasteiger charge is 2.29. The molecule has 4 rings (SSSR count). The van der Waals surface area contributed by atoms with Crippen LogP contribution in [-0.2, 0) is 11.3 Å². The van der Waals surface area contributed by atoms with Gasteiger partial charge in [-0.3, -0.25) is 14.7 Å². The molecule has 2 heterocycles. The van der Waals surface area contributed by atoms with E-state index in [4.69, 9.17) is 0 Å². The topological polar surface area (TPSA) is 45.2 Å². The molecule has 28 heavy (non-hydrogen) atoms. The predicted octanol–water partition coefficient (Wildman–Crippen LogP) is 4.51. The Hall–Kier alpha value is -2.86. The molecule has 0 spiro atoms. The summed E-state index contributed by atoms with van der Waals surface area (Å²) < 4.78 is 26.7. The highest BCUT2D eigenvalue weighted by Crippen LogP contribution is 2.22. The van der Waals surface area contributed by atoms with Crippen LogP contribution in [0.5, 0.6) is 0 Å². The van der Waals surface area contributed by atoms with Crippen molar-refractivity contribution in [2.24, 2.45) is 0 Å². The summed E-state index contributed by atoms with van der Waals surface area (Å²) in [5, 5.41) is 3.57. The highest BCUT2D eigenvalue weighted by molar-refractivity contribution is 5.94. The van der Waals surface area contributed by atoms with E-state index in [0.717, 1.165) is 42.4 Å². The van der Waals surface area contributed by atoms with Crippen LogP contribution in [0.1, 0.15) is 25.0 Å². The molecule has 3 aromatic rings. The number of carbonyl (C=O) groups is 1. The van der Waals surface area contributed by atoms with Crippen molar-refractivity contribution in [3.05, 3.63) is 71.9 Å². The Bertz CT molecular complexity index is 1010. The summed E-state index contributed by atoms with van der Waals surface area (Å²) in [6, 6.07) is 13.9. The van der Waals surface area contributed by atoms with E-state index >= 15 is 0 Å². The Balaban J connectivity index is 1.50. The van der Waals surface area contributed by atoms with Crippen LogP contribution in [0.3, 0.4) is 0 Å². The number of hydrogen-bond donors (Lipinski definition) is 1. The van der Waals surface area contributed by atoms with Gasteiger partial charge in [0.25, 0.3) is 0 Å². The van der Waals surface area contributed by atoms with E-state index < -0.39 is 0 Å². The fraction of sp³-hybridized carbons (Fsp3) is 0.273. The van der Waals surface area contributed by atoms with E-state index in [2.05, 4.69) is 15.2 Å². The molecule has 0 aliphatic carbocycles. The quantitative estimate of drug-likeness (QED) is 0.723. The highest BCUT2D eigenvalue weighted by atomic mass is 19.1. The molecule has 1 N–H and O–H groups in total. The third-order valence-corrected chi connectivity index (χ3v) is 5.08. The second-order valence-corrected chi connectivity index (χ2v) is 7.12. The van der Waals surface area contributed by atoms with Gasteiger partial charge in [0, 0.05) is 17.6 Å².